The number of carbonyl (C=O) groups is 1. The molecule has 0 heterocycles. The van der Waals surface area contributed by atoms with E-state index in [0.717, 1.165) is 6.42 Å². The van der Waals surface area contributed by atoms with E-state index < -0.39 is 0 Å². The average Bonchev–Trinajstić information content (AvgIpc) is 1.35. The Balaban J connectivity index is 0. The summed E-state index contributed by atoms with van der Waals surface area (Å²) in [5.41, 5.74) is 0. The summed E-state index contributed by atoms with van der Waals surface area (Å²) in [7, 11) is 0. The van der Waals surface area contributed by atoms with Gasteiger partial charge < -0.3 is 0 Å². The van der Waals surface area contributed by atoms with Crippen LogP contribution < -0.4 is 0 Å². The highest BCUT2D eigenvalue weighted by Crippen LogP contribution is 1.90. The fraction of sp³-hybridized carbons (Fsp3) is 0.750. The summed E-state index contributed by atoms with van der Waals surface area (Å²) in [6, 6.07) is 0. The molecule has 0 aliphatic carbocycles. The number of hydrogen-bond acceptors (Lipinski definition) is 1. The van der Waals surface area contributed by atoms with Crippen LogP contribution in [0.25, 0.3) is 0 Å². The predicted octanol–water partition coefficient (Wildman–Crippen LogP) is 1.70. The summed E-state index contributed by atoms with van der Waals surface area (Å²) in [6.45, 7) is 1.92. The number of rotatable bonds is 2. The minimum absolute atomic E-state index is 0. The van der Waals surface area contributed by atoms with Gasteiger partial charge in [-0.2, -0.15) is 0 Å². The van der Waals surface area contributed by atoms with Crippen molar-refractivity contribution in [2.75, 3.05) is 0 Å². The fourth-order valence-electron chi connectivity index (χ4n) is 0.197. The lowest BCUT2D eigenvalue weighted by molar-refractivity contribution is -0.111. The number of carbonyl (C=O) groups excluding carboxylic acids is 1. The predicted molar refractivity (Wildman–Crippen MR) is 28.3 cm³/mol. The first-order valence-corrected chi connectivity index (χ1v) is 2.33. The van der Waals surface area contributed by atoms with Crippen LogP contribution in [0.2, 0.25) is 0 Å². The molecule has 44 valence electrons. The van der Waals surface area contributed by atoms with E-state index in [1.807, 2.05) is 6.92 Å². The molecular formula is C4H8ClFO. The summed E-state index contributed by atoms with van der Waals surface area (Å²) >= 11 is 4.94. The van der Waals surface area contributed by atoms with E-state index in [-0.39, 0.29) is 9.95 Å². The average molecular weight is 127 g/mol. The van der Waals surface area contributed by atoms with Crippen LogP contribution in [0.1, 0.15) is 19.8 Å². The third kappa shape index (κ3) is 10.7. The van der Waals surface area contributed by atoms with Crippen LogP contribution in [-0.2, 0) is 4.79 Å². The molecule has 7 heavy (non-hydrogen) atoms. The maximum absolute atomic E-state index is 9.81. The van der Waals surface area contributed by atoms with Crippen LogP contribution in [0.3, 0.4) is 0 Å². The molecule has 0 rings (SSSR count). The standard InChI is InChI=1S/C4H7ClO.FH/c1-2-3-4(5)6;/h2-3H2,1H3;1H. The highest BCUT2D eigenvalue weighted by molar-refractivity contribution is 6.63. The summed E-state index contributed by atoms with van der Waals surface area (Å²) in [5.74, 6) is 0. The van der Waals surface area contributed by atoms with Crippen LogP contribution in [0.4, 0.5) is 4.70 Å². The van der Waals surface area contributed by atoms with Gasteiger partial charge in [0.15, 0.2) is 0 Å². The van der Waals surface area contributed by atoms with Gasteiger partial charge in [-0.25, -0.2) is 0 Å². The molecule has 0 atom stereocenters. The van der Waals surface area contributed by atoms with E-state index in [1.54, 1.807) is 0 Å². The Morgan fingerprint density at radius 1 is 1.71 bits per heavy atom. The highest BCUT2D eigenvalue weighted by Gasteiger charge is 1.87. The van der Waals surface area contributed by atoms with Gasteiger partial charge in [-0.3, -0.25) is 9.50 Å². The Kier molecular flexibility index (Phi) is 8.41. The molecule has 0 bridgehead atoms. The lowest BCUT2D eigenvalue weighted by atomic mass is 10.4. The van der Waals surface area contributed by atoms with Gasteiger partial charge in [0.25, 0.3) is 0 Å². The van der Waals surface area contributed by atoms with E-state index in [2.05, 4.69) is 0 Å². The van der Waals surface area contributed by atoms with Gasteiger partial charge in [0.1, 0.15) is 0 Å². The van der Waals surface area contributed by atoms with Crippen molar-refractivity contribution >= 4 is 16.8 Å². The van der Waals surface area contributed by atoms with Crippen molar-refractivity contribution in [2.24, 2.45) is 0 Å². The van der Waals surface area contributed by atoms with Gasteiger partial charge in [-0.1, -0.05) is 6.92 Å². The van der Waals surface area contributed by atoms with Crippen LogP contribution in [-0.4, -0.2) is 5.24 Å². The first-order chi connectivity index (χ1) is 2.77. The fourth-order valence-corrected chi connectivity index (χ4v) is 0.386. The molecule has 0 amide bonds. The molecule has 0 unspecified atom stereocenters. The molecule has 0 aliphatic heterocycles. The van der Waals surface area contributed by atoms with E-state index in [4.69, 9.17) is 11.6 Å². The van der Waals surface area contributed by atoms with Crippen LogP contribution in [0, 0.1) is 0 Å². The van der Waals surface area contributed by atoms with Gasteiger partial charge in [-0.05, 0) is 18.0 Å². The summed E-state index contributed by atoms with van der Waals surface area (Å²) in [4.78, 5) is 9.81. The Morgan fingerprint density at radius 2 is 2.14 bits per heavy atom. The normalized spacial score (nSPS) is 7.14. The van der Waals surface area contributed by atoms with E-state index in [1.165, 1.54) is 0 Å². The zero-order chi connectivity index (χ0) is 4.99. The van der Waals surface area contributed by atoms with Crippen molar-refractivity contribution in [2.45, 2.75) is 19.8 Å². The minimum atomic E-state index is -0.238. The molecule has 0 aromatic carbocycles. The lowest BCUT2D eigenvalue weighted by Gasteiger charge is -1.77. The van der Waals surface area contributed by atoms with Crippen LogP contribution in [0.15, 0.2) is 0 Å². The molecule has 0 saturated carbocycles. The molecule has 0 spiro atoms. The van der Waals surface area contributed by atoms with Gasteiger partial charge in [-0.15, -0.1) is 0 Å². The van der Waals surface area contributed by atoms with Crippen molar-refractivity contribution in [3.63, 3.8) is 0 Å². The molecule has 0 saturated heterocycles. The SMILES string of the molecule is CCCC(=O)Cl.F. The molecular weight excluding hydrogens is 118 g/mol. The zero-order valence-electron chi connectivity index (χ0n) is 4.11. The Hall–Kier alpha value is -0.110. The van der Waals surface area contributed by atoms with Crippen LogP contribution >= 0.6 is 11.6 Å². The van der Waals surface area contributed by atoms with Gasteiger partial charge >= 0.3 is 0 Å². The quantitative estimate of drug-likeness (QED) is 0.515. The smallest absolute Gasteiger partial charge is 0.221 e. The maximum atomic E-state index is 9.81. The minimum Gasteiger partial charge on any atom is -0.281 e. The summed E-state index contributed by atoms with van der Waals surface area (Å²) in [5, 5.41) is -0.238. The van der Waals surface area contributed by atoms with E-state index >= 15 is 0 Å². The second kappa shape index (κ2) is 5.89. The number of hydrogen-bond donors (Lipinski definition) is 0. The topological polar surface area (TPSA) is 17.1 Å². The molecule has 0 aromatic rings. The first-order valence-electron chi connectivity index (χ1n) is 1.95. The lowest BCUT2D eigenvalue weighted by Crippen LogP contribution is -1.79. The van der Waals surface area contributed by atoms with E-state index in [0.29, 0.717) is 6.42 Å². The second-order valence-electron chi connectivity index (χ2n) is 1.11. The molecule has 0 radical (unpaired) electrons. The molecule has 0 aliphatic rings. The second-order valence-corrected chi connectivity index (χ2v) is 1.53. The third-order valence-electron chi connectivity index (χ3n) is 0.447. The summed E-state index contributed by atoms with van der Waals surface area (Å²) in [6.07, 6.45) is 1.35. The molecule has 1 nitrogen and oxygen atoms in total. The summed E-state index contributed by atoms with van der Waals surface area (Å²) < 4.78 is 0. The highest BCUT2D eigenvalue weighted by atomic mass is 35.5. The molecule has 3 heteroatoms. The maximum Gasteiger partial charge on any atom is 0.221 e. The zero-order valence-corrected chi connectivity index (χ0v) is 4.86. The monoisotopic (exact) mass is 126 g/mol. The van der Waals surface area contributed by atoms with Crippen molar-refractivity contribution in [1.29, 1.82) is 0 Å². The Labute approximate surface area is 47.0 Å². The first kappa shape index (κ1) is 10.00. The van der Waals surface area contributed by atoms with Crippen LogP contribution in [0.5, 0.6) is 0 Å². The van der Waals surface area contributed by atoms with Crippen molar-refractivity contribution < 1.29 is 9.50 Å². The third-order valence-corrected chi connectivity index (χ3v) is 0.636. The van der Waals surface area contributed by atoms with E-state index in [9.17, 15) is 4.79 Å². The molecule has 0 fully saturated rings. The van der Waals surface area contributed by atoms with Gasteiger partial charge in [0.2, 0.25) is 5.24 Å². The largest absolute Gasteiger partial charge is 0.281 e. The molecule has 0 N–H and O–H groups in total. The molecule has 0 aromatic heterocycles. The Morgan fingerprint density at radius 3 is 2.14 bits per heavy atom. The van der Waals surface area contributed by atoms with Gasteiger partial charge in [0, 0.05) is 6.42 Å². The number of halogens is 2. The van der Waals surface area contributed by atoms with Crippen molar-refractivity contribution in [1.82, 2.24) is 0 Å². The van der Waals surface area contributed by atoms with Crippen molar-refractivity contribution in [3.05, 3.63) is 0 Å². The van der Waals surface area contributed by atoms with Crippen molar-refractivity contribution in [3.8, 4) is 0 Å². The van der Waals surface area contributed by atoms with Gasteiger partial charge in [0.05, 0.1) is 0 Å². The Bertz CT molecular complexity index is 55.7.